The van der Waals surface area contributed by atoms with E-state index in [-0.39, 0.29) is 0 Å². The molecule has 2 atom stereocenters. The van der Waals surface area contributed by atoms with Gasteiger partial charge in [-0.15, -0.1) is 0 Å². The van der Waals surface area contributed by atoms with Crippen molar-refractivity contribution in [3.63, 3.8) is 0 Å². The van der Waals surface area contributed by atoms with E-state index in [1.54, 1.807) is 5.56 Å². The van der Waals surface area contributed by atoms with Gasteiger partial charge in [0.15, 0.2) is 0 Å². The molecule has 0 fully saturated rings. The summed E-state index contributed by atoms with van der Waals surface area (Å²) in [6.45, 7) is 0. The summed E-state index contributed by atoms with van der Waals surface area (Å²) >= 11 is 0. The van der Waals surface area contributed by atoms with Crippen LogP contribution in [0.1, 0.15) is 35.1 Å². The van der Waals surface area contributed by atoms with Crippen LogP contribution in [-0.4, -0.2) is 19.0 Å². The summed E-state index contributed by atoms with van der Waals surface area (Å²) in [5.41, 5.74) is 4.51. The molecule has 0 aliphatic heterocycles. The lowest BCUT2D eigenvalue weighted by molar-refractivity contribution is 0.288. The van der Waals surface area contributed by atoms with E-state index in [0.717, 1.165) is 6.42 Å². The van der Waals surface area contributed by atoms with Gasteiger partial charge in [-0.3, -0.25) is 0 Å². The van der Waals surface area contributed by atoms with Gasteiger partial charge in [-0.2, -0.15) is 0 Å². The first-order valence-electron chi connectivity index (χ1n) is 7.05. The summed E-state index contributed by atoms with van der Waals surface area (Å²) in [6, 6.07) is 20.4. The molecule has 1 aliphatic rings. The van der Waals surface area contributed by atoms with Crippen molar-refractivity contribution in [3.05, 3.63) is 71.3 Å². The minimum atomic E-state index is 0.574. The van der Waals surface area contributed by atoms with Crippen LogP contribution < -0.4 is 0 Å². The molecule has 3 rings (SSSR count). The average Bonchev–Trinajstić information content (AvgIpc) is 2.79. The van der Waals surface area contributed by atoms with Gasteiger partial charge in [-0.05, 0) is 49.5 Å². The van der Waals surface area contributed by atoms with Crippen LogP contribution in [0.25, 0.3) is 0 Å². The normalized spacial score (nSPS) is 21.6. The lowest BCUT2D eigenvalue weighted by Crippen LogP contribution is -2.17. The van der Waals surface area contributed by atoms with Gasteiger partial charge < -0.3 is 4.90 Å². The highest BCUT2D eigenvalue weighted by Gasteiger charge is 2.31. The third kappa shape index (κ3) is 2.43. The lowest BCUT2D eigenvalue weighted by Gasteiger charge is -2.20. The van der Waals surface area contributed by atoms with Crippen molar-refractivity contribution in [1.29, 1.82) is 0 Å². The zero-order chi connectivity index (χ0) is 13.2. The Morgan fingerprint density at radius 2 is 1.53 bits per heavy atom. The monoisotopic (exact) mass is 251 g/mol. The fraction of sp³-hybridized carbons (Fsp3) is 0.333. The Hall–Kier alpha value is -1.60. The Morgan fingerprint density at radius 3 is 2.21 bits per heavy atom. The van der Waals surface area contributed by atoms with Crippen LogP contribution in [0.3, 0.4) is 0 Å². The van der Waals surface area contributed by atoms with E-state index in [1.165, 1.54) is 17.5 Å². The summed E-state index contributed by atoms with van der Waals surface area (Å²) in [7, 11) is 4.37. The van der Waals surface area contributed by atoms with Crippen molar-refractivity contribution < 1.29 is 0 Å². The molecule has 0 saturated heterocycles. The Kier molecular flexibility index (Phi) is 3.39. The molecule has 1 aliphatic carbocycles. The van der Waals surface area contributed by atoms with Crippen molar-refractivity contribution in [2.75, 3.05) is 14.1 Å². The first kappa shape index (κ1) is 12.4. The highest BCUT2D eigenvalue weighted by molar-refractivity contribution is 5.39. The first-order valence-corrected chi connectivity index (χ1v) is 7.05. The molecule has 0 bridgehead atoms. The fourth-order valence-corrected chi connectivity index (χ4v) is 3.29. The van der Waals surface area contributed by atoms with Gasteiger partial charge in [0.1, 0.15) is 0 Å². The van der Waals surface area contributed by atoms with Crippen LogP contribution in [0.5, 0.6) is 0 Å². The Bertz CT molecular complexity index is 545. The van der Waals surface area contributed by atoms with Gasteiger partial charge >= 0.3 is 0 Å². The molecule has 1 nitrogen and oxygen atoms in total. The number of nitrogens with zero attached hydrogens (tertiary/aromatic N) is 1. The van der Waals surface area contributed by atoms with Crippen molar-refractivity contribution in [2.45, 2.75) is 24.8 Å². The smallest absolute Gasteiger partial charge is 0.0350 e. The van der Waals surface area contributed by atoms with Gasteiger partial charge in [-0.25, -0.2) is 0 Å². The molecule has 98 valence electrons. The van der Waals surface area contributed by atoms with Crippen LogP contribution in [0.4, 0.5) is 0 Å². The molecule has 19 heavy (non-hydrogen) atoms. The predicted molar refractivity (Wildman–Crippen MR) is 80.4 cm³/mol. The highest BCUT2D eigenvalue weighted by atomic mass is 15.1. The highest BCUT2D eigenvalue weighted by Crippen LogP contribution is 2.43. The van der Waals surface area contributed by atoms with Crippen LogP contribution in [0.15, 0.2) is 54.6 Å². The Balaban J connectivity index is 1.88. The second kappa shape index (κ2) is 5.18. The molecular weight excluding hydrogens is 230 g/mol. The molecule has 1 heteroatoms. The summed E-state index contributed by atoms with van der Waals surface area (Å²) < 4.78 is 0. The quantitative estimate of drug-likeness (QED) is 0.796. The first-order chi connectivity index (χ1) is 9.25. The van der Waals surface area contributed by atoms with Crippen molar-refractivity contribution >= 4 is 0 Å². The zero-order valence-electron chi connectivity index (χ0n) is 11.7. The number of benzene rings is 2. The molecule has 2 aromatic carbocycles. The minimum absolute atomic E-state index is 0.574. The molecule has 0 aromatic heterocycles. The lowest BCUT2D eigenvalue weighted by atomic mass is 9.94. The van der Waals surface area contributed by atoms with E-state index in [1.807, 2.05) is 0 Å². The van der Waals surface area contributed by atoms with E-state index >= 15 is 0 Å². The Labute approximate surface area is 115 Å². The number of fused-ring (bicyclic) bond motifs is 1. The average molecular weight is 251 g/mol. The second-order valence-corrected chi connectivity index (χ2v) is 5.73. The van der Waals surface area contributed by atoms with E-state index in [0.29, 0.717) is 12.0 Å². The number of rotatable bonds is 3. The summed E-state index contributed by atoms with van der Waals surface area (Å²) in [5.74, 6) is 0.658. The molecule has 2 aromatic rings. The van der Waals surface area contributed by atoms with Crippen molar-refractivity contribution in [1.82, 2.24) is 4.90 Å². The van der Waals surface area contributed by atoms with Crippen LogP contribution in [0.2, 0.25) is 0 Å². The standard InChI is InChI=1S/C18H21N/c1-19(2)18-13-15(12-14-8-4-3-5-9-14)16-10-6-7-11-17(16)18/h3-11,15,18H,12-13H2,1-2H3/t15-,18+/m1/s1. The summed E-state index contributed by atoms with van der Waals surface area (Å²) in [4.78, 5) is 2.35. The molecule has 0 N–H and O–H groups in total. The molecule has 0 radical (unpaired) electrons. The largest absolute Gasteiger partial charge is 0.302 e. The molecular formula is C18H21N. The SMILES string of the molecule is CN(C)[C@H]1C[C@@H](Cc2ccccc2)c2ccccc21. The van der Waals surface area contributed by atoms with Crippen LogP contribution in [0, 0.1) is 0 Å². The van der Waals surface area contributed by atoms with Crippen molar-refractivity contribution in [3.8, 4) is 0 Å². The van der Waals surface area contributed by atoms with Gasteiger partial charge in [0.2, 0.25) is 0 Å². The maximum Gasteiger partial charge on any atom is 0.0350 e. The van der Waals surface area contributed by atoms with Crippen LogP contribution >= 0.6 is 0 Å². The number of hydrogen-bond acceptors (Lipinski definition) is 1. The molecule has 0 heterocycles. The van der Waals surface area contributed by atoms with Gasteiger partial charge in [0.05, 0.1) is 0 Å². The predicted octanol–water partition coefficient (Wildman–Crippen LogP) is 4.02. The van der Waals surface area contributed by atoms with E-state index < -0.39 is 0 Å². The zero-order valence-corrected chi connectivity index (χ0v) is 11.7. The maximum absolute atomic E-state index is 2.35. The molecule has 0 unspecified atom stereocenters. The third-order valence-corrected chi connectivity index (χ3v) is 4.25. The topological polar surface area (TPSA) is 3.24 Å². The number of hydrogen-bond donors (Lipinski definition) is 0. The van der Waals surface area contributed by atoms with Crippen molar-refractivity contribution in [2.24, 2.45) is 0 Å². The summed E-state index contributed by atoms with van der Waals surface area (Å²) in [6.07, 6.45) is 2.39. The van der Waals surface area contributed by atoms with E-state index in [4.69, 9.17) is 0 Å². The Morgan fingerprint density at radius 1 is 0.895 bits per heavy atom. The molecule has 0 amide bonds. The molecule has 0 saturated carbocycles. The van der Waals surface area contributed by atoms with Gasteiger partial charge in [0.25, 0.3) is 0 Å². The van der Waals surface area contributed by atoms with Gasteiger partial charge in [0, 0.05) is 6.04 Å². The van der Waals surface area contributed by atoms with Crippen LogP contribution in [-0.2, 0) is 6.42 Å². The third-order valence-electron chi connectivity index (χ3n) is 4.25. The van der Waals surface area contributed by atoms with E-state index in [9.17, 15) is 0 Å². The fourth-order valence-electron chi connectivity index (χ4n) is 3.29. The van der Waals surface area contributed by atoms with E-state index in [2.05, 4.69) is 73.6 Å². The van der Waals surface area contributed by atoms with Gasteiger partial charge in [-0.1, -0.05) is 54.6 Å². The maximum atomic E-state index is 2.35. The summed E-state index contributed by atoms with van der Waals surface area (Å²) in [5, 5.41) is 0. The minimum Gasteiger partial charge on any atom is -0.302 e. The molecule has 0 spiro atoms. The second-order valence-electron chi connectivity index (χ2n) is 5.73.